The Kier molecular flexibility index (Phi) is 6.06. The maximum Gasteiger partial charge on any atom is 0.255 e. The lowest BCUT2D eigenvalue weighted by Crippen LogP contribution is -2.52. The number of rotatable bonds is 7. The summed E-state index contributed by atoms with van der Waals surface area (Å²) >= 11 is 0. The Hall–Kier alpha value is -2.21. The van der Waals surface area contributed by atoms with Crippen molar-refractivity contribution in [3.05, 3.63) is 34.9 Å². The Morgan fingerprint density at radius 2 is 1.91 bits per heavy atom. The van der Waals surface area contributed by atoms with Gasteiger partial charge in [0, 0.05) is 30.6 Å². The Morgan fingerprint density at radius 1 is 1.09 bits per heavy atom. The summed E-state index contributed by atoms with van der Waals surface area (Å²) in [5, 5.41) is 6.32. The number of carbonyl (C=O) groups is 3. The van der Waals surface area contributed by atoms with Crippen molar-refractivity contribution in [3.8, 4) is 0 Å². The highest BCUT2D eigenvalue weighted by Gasteiger charge is 2.39. The molecule has 2 aliphatic heterocycles. The molecule has 2 unspecified atom stereocenters. The van der Waals surface area contributed by atoms with Crippen LogP contribution in [-0.2, 0) is 22.6 Å². The number of nitrogens with zero attached hydrogens (tertiary/aromatic N) is 1. The van der Waals surface area contributed by atoms with Crippen LogP contribution in [0.25, 0.3) is 0 Å². The van der Waals surface area contributed by atoms with Crippen molar-refractivity contribution < 1.29 is 14.4 Å². The van der Waals surface area contributed by atoms with Crippen LogP contribution in [0.4, 0.5) is 0 Å². The van der Waals surface area contributed by atoms with Crippen molar-refractivity contribution in [2.75, 3.05) is 0 Å². The van der Waals surface area contributed by atoms with Gasteiger partial charge in [-0.1, -0.05) is 37.8 Å². The van der Waals surface area contributed by atoms with Crippen LogP contribution in [0.5, 0.6) is 0 Å². The van der Waals surface area contributed by atoms with Crippen LogP contribution in [0, 0.1) is 11.8 Å². The predicted molar refractivity (Wildman–Crippen MR) is 122 cm³/mol. The molecule has 2 heterocycles. The first-order chi connectivity index (χ1) is 15.5. The van der Waals surface area contributed by atoms with Crippen molar-refractivity contribution >= 4 is 17.7 Å². The largest absolute Gasteiger partial charge is 0.322 e. The van der Waals surface area contributed by atoms with E-state index in [-0.39, 0.29) is 24.1 Å². The Bertz CT molecular complexity index is 910. The minimum Gasteiger partial charge on any atom is -0.322 e. The molecule has 6 heteroatoms. The second-order valence-corrected chi connectivity index (χ2v) is 10.5. The fourth-order valence-corrected chi connectivity index (χ4v) is 6.02. The molecule has 5 rings (SSSR count). The summed E-state index contributed by atoms with van der Waals surface area (Å²) in [5.41, 5.74) is 3.00. The smallest absolute Gasteiger partial charge is 0.255 e. The maximum atomic E-state index is 12.9. The van der Waals surface area contributed by atoms with Crippen LogP contribution >= 0.6 is 0 Å². The van der Waals surface area contributed by atoms with Crippen LogP contribution in [0.1, 0.15) is 86.2 Å². The monoisotopic (exact) mass is 437 g/mol. The SMILES string of the molecule is CC(CC1CC1)N[C@H]1CCCC[C@@H]1Cc1ccc2c(c1)CN(C1CCC(=O)NC1=O)C2=O. The number of hydrogen-bond donors (Lipinski definition) is 2. The zero-order valence-corrected chi connectivity index (χ0v) is 19.1. The van der Waals surface area contributed by atoms with E-state index in [4.69, 9.17) is 0 Å². The van der Waals surface area contributed by atoms with E-state index >= 15 is 0 Å². The van der Waals surface area contributed by atoms with E-state index < -0.39 is 6.04 Å². The van der Waals surface area contributed by atoms with Crippen molar-refractivity contribution in [2.24, 2.45) is 11.8 Å². The molecule has 3 amide bonds. The van der Waals surface area contributed by atoms with Crippen LogP contribution in [-0.4, -0.2) is 40.7 Å². The molecule has 4 atom stereocenters. The average Bonchev–Trinajstić information content (AvgIpc) is 3.51. The number of nitrogens with one attached hydrogen (secondary N) is 2. The van der Waals surface area contributed by atoms with E-state index in [1.165, 1.54) is 50.5 Å². The summed E-state index contributed by atoms with van der Waals surface area (Å²) in [6, 6.07) is 6.85. The molecule has 2 N–H and O–H groups in total. The van der Waals surface area contributed by atoms with Gasteiger partial charge in [-0.3, -0.25) is 19.7 Å². The molecule has 0 aromatic heterocycles. The molecule has 6 nitrogen and oxygen atoms in total. The molecule has 4 aliphatic rings. The minimum absolute atomic E-state index is 0.0906. The van der Waals surface area contributed by atoms with Gasteiger partial charge in [0.2, 0.25) is 11.8 Å². The summed E-state index contributed by atoms with van der Waals surface area (Å²) in [6.07, 6.45) is 11.0. The maximum absolute atomic E-state index is 12.9. The summed E-state index contributed by atoms with van der Waals surface area (Å²) in [6.45, 7) is 2.80. The molecular weight excluding hydrogens is 402 g/mol. The van der Waals surface area contributed by atoms with Gasteiger partial charge < -0.3 is 10.2 Å². The molecule has 2 saturated carbocycles. The second kappa shape index (κ2) is 8.97. The van der Waals surface area contributed by atoms with Gasteiger partial charge >= 0.3 is 0 Å². The third-order valence-corrected chi connectivity index (χ3v) is 7.88. The quantitative estimate of drug-likeness (QED) is 0.642. The summed E-state index contributed by atoms with van der Waals surface area (Å²) in [5.74, 6) is 0.888. The van der Waals surface area contributed by atoms with Crippen LogP contribution < -0.4 is 10.6 Å². The highest BCUT2D eigenvalue weighted by molar-refractivity contribution is 6.05. The molecule has 0 radical (unpaired) electrons. The van der Waals surface area contributed by atoms with Gasteiger partial charge in [0.15, 0.2) is 0 Å². The normalized spacial score (nSPS) is 29.1. The third kappa shape index (κ3) is 4.61. The number of hydrogen-bond acceptors (Lipinski definition) is 4. The first-order valence-electron chi connectivity index (χ1n) is 12.5. The van der Waals surface area contributed by atoms with E-state index in [1.54, 1.807) is 4.90 Å². The molecule has 172 valence electrons. The topological polar surface area (TPSA) is 78.5 Å². The van der Waals surface area contributed by atoms with Gasteiger partial charge in [0.1, 0.15) is 6.04 Å². The van der Waals surface area contributed by atoms with Gasteiger partial charge in [-0.25, -0.2) is 0 Å². The van der Waals surface area contributed by atoms with Crippen LogP contribution in [0.2, 0.25) is 0 Å². The van der Waals surface area contributed by atoms with E-state index in [0.29, 0.717) is 36.5 Å². The number of piperidine rings is 1. The van der Waals surface area contributed by atoms with Gasteiger partial charge in [-0.05, 0) is 68.1 Å². The molecule has 0 bridgehead atoms. The van der Waals surface area contributed by atoms with E-state index in [2.05, 4.69) is 29.7 Å². The minimum atomic E-state index is -0.545. The lowest BCUT2D eigenvalue weighted by Gasteiger charge is -2.35. The number of benzene rings is 1. The molecule has 3 fully saturated rings. The van der Waals surface area contributed by atoms with E-state index in [1.807, 2.05) is 6.07 Å². The summed E-state index contributed by atoms with van der Waals surface area (Å²) in [7, 11) is 0. The first kappa shape index (κ1) is 21.6. The highest BCUT2D eigenvalue weighted by atomic mass is 16.2. The standard InChI is InChI=1S/C26H35N3O3/c1-16(12-17-6-7-17)27-22-5-3-2-4-19(22)13-18-8-9-21-20(14-18)15-29(26(21)32)23-10-11-24(30)28-25(23)31/h8-9,14,16-17,19,22-23,27H,2-7,10-13,15H2,1H3,(H,28,30,31)/t16?,19-,22+,23?/m1/s1. The summed E-state index contributed by atoms with van der Waals surface area (Å²) in [4.78, 5) is 38.3. The lowest BCUT2D eigenvalue weighted by atomic mass is 9.80. The first-order valence-corrected chi connectivity index (χ1v) is 12.5. The zero-order chi connectivity index (χ0) is 22.2. The van der Waals surface area contributed by atoms with Crippen LogP contribution in [0.3, 0.4) is 0 Å². The fraction of sp³-hybridized carbons (Fsp3) is 0.654. The number of fused-ring (bicyclic) bond motifs is 1. The summed E-state index contributed by atoms with van der Waals surface area (Å²) < 4.78 is 0. The predicted octanol–water partition coefficient (Wildman–Crippen LogP) is 3.33. The van der Waals surface area contributed by atoms with E-state index in [0.717, 1.165) is 17.9 Å². The Balaban J connectivity index is 1.25. The number of amides is 3. The molecule has 2 aliphatic carbocycles. The molecule has 32 heavy (non-hydrogen) atoms. The number of imide groups is 1. The van der Waals surface area contributed by atoms with Crippen molar-refractivity contribution in [1.29, 1.82) is 0 Å². The highest BCUT2D eigenvalue weighted by Crippen LogP contribution is 2.35. The number of carbonyl (C=O) groups excluding carboxylic acids is 3. The van der Waals surface area contributed by atoms with Gasteiger partial charge in [-0.2, -0.15) is 0 Å². The lowest BCUT2D eigenvalue weighted by molar-refractivity contribution is -0.136. The van der Waals surface area contributed by atoms with Crippen molar-refractivity contribution in [3.63, 3.8) is 0 Å². The van der Waals surface area contributed by atoms with Gasteiger partial charge in [0.05, 0.1) is 0 Å². The molecule has 1 saturated heterocycles. The van der Waals surface area contributed by atoms with Gasteiger partial charge in [0.25, 0.3) is 5.91 Å². The average molecular weight is 438 g/mol. The van der Waals surface area contributed by atoms with Crippen LogP contribution in [0.15, 0.2) is 18.2 Å². The molecule has 1 aromatic rings. The second-order valence-electron chi connectivity index (χ2n) is 10.5. The molecule has 0 spiro atoms. The Morgan fingerprint density at radius 3 is 2.69 bits per heavy atom. The Labute approximate surface area is 190 Å². The van der Waals surface area contributed by atoms with E-state index in [9.17, 15) is 14.4 Å². The fourth-order valence-electron chi connectivity index (χ4n) is 6.02. The zero-order valence-electron chi connectivity index (χ0n) is 19.1. The van der Waals surface area contributed by atoms with Gasteiger partial charge in [-0.15, -0.1) is 0 Å². The third-order valence-electron chi connectivity index (χ3n) is 7.88. The molecule has 1 aromatic carbocycles. The van der Waals surface area contributed by atoms with Crippen molar-refractivity contribution in [2.45, 2.75) is 95.8 Å². The van der Waals surface area contributed by atoms with Crippen molar-refractivity contribution in [1.82, 2.24) is 15.5 Å². The molecular formula is C26H35N3O3.